The van der Waals surface area contributed by atoms with E-state index >= 15 is 0 Å². The molecule has 100 valence electrons. The Morgan fingerprint density at radius 1 is 1.17 bits per heavy atom. The zero-order chi connectivity index (χ0) is 12.8. The first-order valence-corrected chi connectivity index (χ1v) is 6.73. The van der Waals surface area contributed by atoms with Crippen molar-refractivity contribution in [2.45, 2.75) is 25.3 Å². The lowest BCUT2D eigenvalue weighted by molar-refractivity contribution is -0.0868. The summed E-state index contributed by atoms with van der Waals surface area (Å²) in [5, 5.41) is 0.989. The smallest absolute Gasteiger partial charge is 0.600 e. The molecule has 0 N–H and O–H groups in total. The van der Waals surface area contributed by atoms with Crippen molar-refractivity contribution in [1.82, 2.24) is 0 Å². The Labute approximate surface area is 117 Å². The van der Waals surface area contributed by atoms with Gasteiger partial charge in [0.25, 0.3) is 0 Å². The van der Waals surface area contributed by atoms with Crippen LogP contribution in [-0.2, 0) is 5.51 Å². The van der Waals surface area contributed by atoms with Gasteiger partial charge in [-0.2, -0.15) is 0 Å². The molecule has 0 saturated carbocycles. The quantitative estimate of drug-likeness (QED) is 0.710. The summed E-state index contributed by atoms with van der Waals surface area (Å²) in [5.74, 6) is -0.119. The van der Waals surface area contributed by atoms with Gasteiger partial charge < -0.3 is 12.4 Å². The van der Waals surface area contributed by atoms with Crippen LogP contribution < -0.4 is 12.4 Å². The molecular formula is C12H11Cl2F3S. The standard InChI is InChI=1S/C12H11ClF3S.ClH/c1-7(2)10-5-8-3-4-9(13)6-11(8)17(10)12(14,15)16;/h3-7H,1-2H3;1H/q+1;/p-1. The first-order valence-electron chi connectivity index (χ1n) is 5.13. The van der Waals surface area contributed by atoms with Crippen LogP contribution in [-0.4, -0.2) is 0 Å². The van der Waals surface area contributed by atoms with Gasteiger partial charge in [-0.05, 0) is 12.1 Å². The first-order chi connectivity index (χ1) is 7.80. The van der Waals surface area contributed by atoms with Crippen molar-refractivity contribution in [3.05, 3.63) is 34.2 Å². The van der Waals surface area contributed by atoms with E-state index in [1.807, 2.05) is 0 Å². The van der Waals surface area contributed by atoms with Crippen LogP contribution in [0.5, 0.6) is 0 Å². The van der Waals surface area contributed by atoms with Crippen molar-refractivity contribution < 1.29 is 25.6 Å². The summed E-state index contributed by atoms with van der Waals surface area (Å²) in [6.07, 6.45) is 0. The van der Waals surface area contributed by atoms with E-state index in [-0.39, 0.29) is 18.3 Å². The number of halogens is 5. The maximum atomic E-state index is 13.1. The van der Waals surface area contributed by atoms with Crippen molar-refractivity contribution in [2.75, 3.05) is 0 Å². The van der Waals surface area contributed by atoms with E-state index in [9.17, 15) is 13.2 Å². The van der Waals surface area contributed by atoms with Gasteiger partial charge in [-0.15, -0.1) is 13.2 Å². The number of thiophene rings is 1. The van der Waals surface area contributed by atoms with Crippen LogP contribution in [0.1, 0.15) is 24.6 Å². The van der Waals surface area contributed by atoms with E-state index in [0.29, 0.717) is 20.0 Å². The van der Waals surface area contributed by atoms with Crippen LogP contribution in [0.25, 0.3) is 10.1 Å². The molecule has 1 heterocycles. The van der Waals surface area contributed by atoms with Crippen molar-refractivity contribution in [3.63, 3.8) is 0 Å². The number of benzene rings is 1. The molecule has 0 aliphatic rings. The number of alkyl halides is 3. The lowest BCUT2D eigenvalue weighted by Crippen LogP contribution is -3.00. The molecular weight excluding hydrogens is 304 g/mol. The number of fused-ring (bicyclic) bond motifs is 1. The molecule has 1 unspecified atom stereocenters. The summed E-state index contributed by atoms with van der Waals surface area (Å²) in [4.78, 5) is 0.440. The van der Waals surface area contributed by atoms with E-state index in [1.165, 1.54) is 6.07 Å². The second kappa shape index (κ2) is 5.27. The Morgan fingerprint density at radius 2 is 1.78 bits per heavy atom. The average Bonchev–Trinajstić information content (AvgIpc) is 2.55. The fraction of sp³-hybridized carbons (Fsp3) is 0.333. The van der Waals surface area contributed by atoms with Gasteiger partial charge in [0.1, 0.15) is 0 Å². The zero-order valence-electron chi connectivity index (χ0n) is 9.68. The largest absolute Gasteiger partial charge is 1.00 e. The van der Waals surface area contributed by atoms with Crippen LogP contribution in [0.4, 0.5) is 13.2 Å². The predicted molar refractivity (Wildman–Crippen MR) is 66.8 cm³/mol. The fourth-order valence-electron chi connectivity index (χ4n) is 1.80. The van der Waals surface area contributed by atoms with Gasteiger partial charge in [0.15, 0.2) is 9.58 Å². The molecule has 0 aliphatic carbocycles. The van der Waals surface area contributed by atoms with Crippen LogP contribution in [0.2, 0.25) is 5.02 Å². The van der Waals surface area contributed by atoms with Crippen LogP contribution in [0.15, 0.2) is 24.3 Å². The molecule has 1 aromatic carbocycles. The van der Waals surface area contributed by atoms with Crippen LogP contribution in [0, 0.1) is 0 Å². The second-order valence-corrected chi connectivity index (χ2v) is 6.56. The number of rotatable bonds is 1. The Bertz CT molecular complexity index is 558. The number of hydrogen-bond donors (Lipinski definition) is 0. The molecule has 2 aromatic rings. The van der Waals surface area contributed by atoms with Gasteiger partial charge in [0, 0.05) is 28.5 Å². The highest BCUT2D eigenvalue weighted by atomic mass is 35.5. The molecule has 0 spiro atoms. The number of hydrogen-bond acceptors (Lipinski definition) is 0. The molecule has 2 rings (SSSR count). The Kier molecular flexibility index (Phi) is 4.57. The van der Waals surface area contributed by atoms with Gasteiger partial charge in [-0.3, -0.25) is 0 Å². The Morgan fingerprint density at radius 3 is 2.28 bits per heavy atom. The van der Waals surface area contributed by atoms with Crippen molar-refractivity contribution in [3.8, 4) is 0 Å². The van der Waals surface area contributed by atoms with E-state index in [4.69, 9.17) is 11.6 Å². The highest BCUT2D eigenvalue weighted by molar-refractivity contribution is 7.38. The van der Waals surface area contributed by atoms with Crippen molar-refractivity contribution in [1.29, 1.82) is 0 Å². The average molecular weight is 315 g/mol. The van der Waals surface area contributed by atoms with E-state index < -0.39 is 16.0 Å². The Balaban J connectivity index is 0.00000162. The molecule has 6 heteroatoms. The topological polar surface area (TPSA) is 0 Å². The summed E-state index contributed by atoms with van der Waals surface area (Å²) < 4.78 is 39.6. The summed E-state index contributed by atoms with van der Waals surface area (Å²) in [5.41, 5.74) is -4.23. The fourth-order valence-corrected chi connectivity index (χ4v) is 4.14. The van der Waals surface area contributed by atoms with Crippen LogP contribution >= 0.6 is 22.1 Å². The summed E-state index contributed by atoms with van der Waals surface area (Å²) >= 11 is 5.78. The molecule has 1 atom stereocenters. The van der Waals surface area contributed by atoms with Crippen LogP contribution in [0.3, 0.4) is 0 Å². The van der Waals surface area contributed by atoms with Gasteiger partial charge in [-0.25, -0.2) is 0 Å². The first kappa shape index (κ1) is 15.6. The SMILES string of the molecule is CC(C)c1cc2ccc(Cl)cc2[s+]1C(F)(F)F.[Cl-]. The maximum absolute atomic E-state index is 13.1. The molecule has 0 radical (unpaired) electrons. The van der Waals surface area contributed by atoms with Gasteiger partial charge >= 0.3 is 5.51 Å². The van der Waals surface area contributed by atoms with Crippen molar-refractivity contribution in [2.24, 2.45) is 0 Å². The summed E-state index contributed by atoms with van der Waals surface area (Å²) in [7, 11) is -1.82. The third kappa shape index (κ3) is 2.76. The maximum Gasteiger partial charge on any atom is 0.600 e. The van der Waals surface area contributed by atoms with E-state index in [0.717, 1.165) is 0 Å². The molecule has 18 heavy (non-hydrogen) atoms. The minimum absolute atomic E-state index is 0. The second-order valence-electron chi connectivity index (χ2n) is 4.14. The molecule has 0 bridgehead atoms. The lowest BCUT2D eigenvalue weighted by Gasteiger charge is -2.02. The van der Waals surface area contributed by atoms with E-state index in [1.54, 1.807) is 32.0 Å². The van der Waals surface area contributed by atoms with Crippen molar-refractivity contribution >= 4 is 32.2 Å². The minimum atomic E-state index is -4.23. The molecule has 0 amide bonds. The molecule has 1 aromatic heterocycles. The third-order valence-corrected chi connectivity index (χ3v) is 5.08. The highest BCUT2D eigenvalue weighted by Gasteiger charge is 2.48. The minimum Gasteiger partial charge on any atom is -1.00 e. The lowest BCUT2D eigenvalue weighted by atomic mass is 10.1. The summed E-state index contributed by atoms with van der Waals surface area (Å²) in [6, 6.07) is 6.35. The van der Waals surface area contributed by atoms with Gasteiger partial charge in [0.2, 0.25) is 0 Å². The van der Waals surface area contributed by atoms with E-state index in [2.05, 4.69) is 0 Å². The highest BCUT2D eigenvalue weighted by Crippen LogP contribution is 2.53. The van der Waals surface area contributed by atoms with Gasteiger partial charge in [0.05, 0.1) is 10.5 Å². The molecule has 0 nitrogen and oxygen atoms in total. The third-order valence-electron chi connectivity index (χ3n) is 2.53. The zero-order valence-corrected chi connectivity index (χ0v) is 12.0. The summed E-state index contributed by atoms with van der Waals surface area (Å²) in [6.45, 7) is 3.57. The normalized spacial score (nSPS) is 12.9. The van der Waals surface area contributed by atoms with Gasteiger partial charge in [-0.1, -0.05) is 25.4 Å². The Hall–Kier alpha value is -0.450. The monoisotopic (exact) mass is 314 g/mol. The molecule has 0 saturated heterocycles. The molecule has 0 aliphatic heterocycles. The predicted octanol–water partition coefficient (Wildman–Crippen LogP) is 2.85. The molecule has 0 fully saturated rings.